The zero-order valence-electron chi connectivity index (χ0n) is 15.5. The van der Waals surface area contributed by atoms with Crippen LogP contribution in [0.5, 0.6) is 0 Å². The molecule has 1 atom stereocenters. The third-order valence-electron chi connectivity index (χ3n) is 4.88. The van der Waals surface area contributed by atoms with Gasteiger partial charge in [0.25, 0.3) is 0 Å². The van der Waals surface area contributed by atoms with E-state index in [1.807, 2.05) is 36.4 Å². The standard InChI is InChI=1S/C20H21N3O4S/c1-28(25,26)23-13-5-4-7-17(23)19(24)21-15-11-9-14(10-12-15)20-22-16-6-2-3-8-18(16)27-20/h2-3,6,8-12,17H,4-5,7,13H2,1H3,(H,21,24). The molecule has 7 nitrogen and oxygen atoms in total. The number of carbonyl (C=O) groups is 1. The average molecular weight is 399 g/mol. The molecule has 2 aromatic carbocycles. The third-order valence-corrected chi connectivity index (χ3v) is 6.16. The van der Waals surface area contributed by atoms with Gasteiger partial charge in [0.2, 0.25) is 21.8 Å². The molecule has 146 valence electrons. The van der Waals surface area contributed by atoms with Gasteiger partial charge in [-0.25, -0.2) is 13.4 Å². The van der Waals surface area contributed by atoms with Crippen molar-refractivity contribution in [3.05, 3.63) is 48.5 Å². The van der Waals surface area contributed by atoms with Gasteiger partial charge in [0.05, 0.1) is 6.26 Å². The molecule has 0 bridgehead atoms. The molecule has 3 aromatic rings. The second kappa shape index (κ2) is 7.37. The van der Waals surface area contributed by atoms with Crippen LogP contribution in [-0.4, -0.2) is 42.5 Å². The number of anilines is 1. The Morgan fingerprint density at radius 1 is 1.14 bits per heavy atom. The number of sulfonamides is 1. The molecular weight excluding hydrogens is 378 g/mol. The van der Waals surface area contributed by atoms with E-state index in [0.717, 1.165) is 30.2 Å². The summed E-state index contributed by atoms with van der Waals surface area (Å²) in [7, 11) is -3.42. The Balaban J connectivity index is 1.50. The molecule has 1 aromatic heterocycles. The minimum Gasteiger partial charge on any atom is -0.436 e. The summed E-state index contributed by atoms with van der Waals surface area (Å²) in [6, 6.07) is 14.0. The molecule has 1 N–H and O–H groups in total. The number of oxazole rings is 1. The number of hydrogen-bond acceptors (Lipinski definition) is 5. The molecule has 2 heterocycles. The van der Waals surface area contributed by atoms with E-state index in [1.54, 1.807) is 12.1 Å². The maximum Gasteiger partial charge on any atom is 0.242 e. The lowest BCUT2D eigenvalue weighted by atomic mass is 10.0. The number of hydrogen-bond donors (Lipinski definition) is 1. The van der Waals surface area contributed by atoms with Gasteiger partial charge in [-0.05, 0) is 49.2 Å². The Morgan fingerprint density at radius 2 is 1.89 bits per heavy atom. The fourth-order valence-electron chi connectivity index (χ4n) is 3.48. The van der Waals surface area contributed by atoms with Crippen LogP contribution < -0.4 is 5.32 Å². The second-order valence-electron chi connectivity index (χ2n) is 6.94. The summed E-state index contributed by atoms with van der Waals surface area (Å²) >= 11 is 0. The monoisotopic (exact) mass is 399 g/mol. The van der Waals surface area contributed by atoms with Crippen LogP contribution in [0.25, 0.3) is 22.6 Å². The zero-order valence-corrected chi connectivity index (χ0v) is 16.3. The van der Waals surface area contributed by atoms with E-state index in [1.165, 1.54) is 4.31 Å². The van der Waals surface area contributed by atoms with Crippen molar-refractivity contribution in [2.75, 3.05) is 18.1 Å². The largest absolute Gasteiger partial charge is 0.436 e. The number of rotatable bonds is 4. The van der Waals surface area contributed by atoms with Crippen LogP contribution in [0.3, 0.4) is 0 Å². The highest BCUT2D eigenvalue weighted by Gasteiger charge is 2.34. The highest BCUT2D eigenvalue weighted by atomic mass is 32.2. The summed E-state index contributed by atoms with van der Waals surface area (Å²) in [4.78, 5) is 17.1. The van der Waals surface area contributed by atoms with Gasteiger partial charge < -0.3 is 9.73 Å². The first kappa shape index (κ1) is 18.6. The van der Waals surface area contributed by atoms with E-state index in [0.29, 0.717) is 30.1 Å². The van der Waals surface area contributed by atoms with Crippen LogP contribution in [0, 0.1) is 0 Å². The normalized spacial score (nSPS) is 18.2. The number of piperidine rings is 1. The Bertz CT molecular complexity index is 1070. The highest BCUT2D eigenvalue weighted by Crippen LogP contribution is 2.26. The SMILES string of the molecule is CS(=O)(=O)N1CCCCC1C(=O)Nc1ccc(-c2nc3ccccc3o2)cc1. The third kappa shape index (κ3) is 3.79. The summed E-state index contributed by atoms with van der Waals surface area (Å²) < 4.78 is 31.0. The summed E-state index contributed by atoms with van der Waals surface area (Å²) in [5.74, 6) is 0.203. The van der Waals surface area contributed by atoms with Crippen molar-refractivity contribution in [3.8, 4) is 11.5 Å². The van der Waals surface area contributed by atoms with Crippen LogP contribution in [0.1, 0.15) is 19.3 Å². The van der Waals surface area contributed by atoms with Gasteiger partial charge in [0, 0.05) is 17.8 Å². The lowest BCUT2D eigenvalue weighted by Crippen LogP contribution is -2.49. The summed E-state index contributed by atoms with van der Waals surface area (Å²) in [5, 5.41) is 2.82. The fourth-order valence-corrected chi connectivity index (χ4v) is 4.61. The topological polar surface area (TPSA) is 92.5 Å². The van der Waals surface area contributed by atoms with Crippen molar-refractivity contribution in [2.45, 2.75) is 25.3 Å². The van der Waals surface area contributed by atoms with E-state index in [9.17, 15) is 13.2 Å². The minimum atomic E-state index is -3.42. The molecule has 4 rings (SSSR count). The van der Waals surface area contributed by atoms with E-state index >= 15 is 0 Å². The van der Waals surface area contributed by atoms with Gasteiger partial charge in [0.1, 0.15) is 11.6 Å². The van der Waals surface area contributed by atoms with E-state index < -0.39 is 16.1 Å². The van der Waals surface area contributed by atoms with Crippen molar-refractivity contribution in [1.82, 2.24) is 9.29 Å². The number of para-hydroxylation sites is 2. The predicted molar refractivity (Wildman–Crippen MR) is 107 cm³/mol. The molecule has 1 amide bonds. The number of benzene rings is 2. The Hall–Kier alpha value is -2.71. The smallest absolute Gasteiger partial charge is 0.242 e. The number of nitrogens with zero attached hydrogens (tertiary/aromatic N) is 2. The number of aromatic nitrogens is 1. The first-order valence-electron chi connectivity index (χ1n) is 9.15. The number of carbonyl (C=O) groups excluding carboxylic acids is 1. The number of nitrogens with one attached hydrogen (secondary N) is 1. The molecule has 1 fully saturated rings. The molecule has 0 aliphatic carbocycles. The van der Waals surface area contributed by atoms with Crippen molar-refractivity contribution in [3.63, 3.8) is 0 Å². The highest BCUT2D eigenvalue weighted by molar-refractivity contribution is 7.88. The first-order chi connectivity index (χ1) is 13.4. The average Bonchev–Trinajstić information content (AvgIpc) is 3.12. The molecule has 0 spiro atoms. The quantitative estimate of drug-likeness (QED) is 0.727. The molecule has 8 heteroatoms. The Morgan fingerprint density at radius 3 is 2.61 bits per heavy atom. The van der Waals surface area contributed by atoms with E-state index in [2.05, 4.69) is 10.3 Å². The molecule has 28 heavy (non-hydrogen) atoms. The van der Waals surface area contributed by atoms with Gasteiger partial charge in [-0.15, -0.1) is 0 Å². The van der Waals surface area contributed by atoms with Crippen LogP contribution in [-0.2, 0) is 14.8 Å². The summed E-state index contributed by atoms with van der Waals surface area (Å²) in [6.07, 6.45) is 3.28. The number of amides is 1. The Kier molecular flexibility index (Phi) is 4.91. The maximum absolute atomic E-state index is 12.6. The second-order valence-corrected chi connectivity index (χ2v) is 8.87. The summed E-state index contributed by atoms with van der Waals surface area (Å²) in [5.41, 5.74) is 2.90. The van der Waals surface area contributed by atoms with Crippen molar-refractivity contribution in [2.24, 2.45) is 0 Å². The maximum atomic E-state index is 12.6. The minimum absolute atomic E-state index is 0.306. The Labute approximate surface area is 163 Å². The fraction of sp³-hybridized carbons (Fsp3) is 0.300. The van der Waals surface area contributed by atoms with Crippen LogP contribution >= 0.6 is 0 Å². The molecular formula is C20H21N3O4S. The van der Waals surface area contributed by atoms with Gasteiger partial charge in [-0.1, -0.05) is 18.6 Å². The van der Waals surface area contributed by atoms with E-state index in [4.69, 9.17) is 4.42 Å². The van der Waals surface area contributed by atoms with Crippen LogP contribution in [0.2, 0.25) is 0 Å². The van der Waals surface area contributed by atoms with Crippen LogP contribution in [0.4, 0.5) is 5.69 Å². The molecule has 1 aliphatic heterocycles. The van der Waals surface area contributed by atoms with E-state index in [-0.39, 0.29) is 5.91 Å². The zero-order chi connectivity index (χ0) is 19.7. The molecule has 1 aliphatic rings. The first-order valence-corrected chi connectivity index (χ1v) is 11.0. The molecule has 1 saturated heterocycles. The molecule has 1 unspecified atom stereocenters. The predicted octanol–water partition coefficient (Wildman–Crippen LogP) is 3.25. The lowest BCUT2D eigenvalue weighted by molar-refractivity contribution is -0.120. The molecule has 0 radical (unpaired) electrons. The molecule has 0 saturated carbocycles. The van der Waals surface area contributed by atoms with Crippen molar-refractivity contribution < 1.29 is 17.6 Å². The van der Waals surface area contributed by atoms with Crippen molar-refractivity contribution in [1.29, 1.82) is 0 Å². The van der Waals surface area contributed by atoms with Crippen LogP contribution in [0.15, 0.2) is 52.9 Å². The van der Waals surface area contributed by atoms with Gasteiger partial charge in [0.15, 0.2) is 5.58 Å². The summed E-state index contributed by atoms with van der Waals surface area (Å²) in [6.45, 7) is 0.383. The lowest BCUT2D eigenvalue weighted by Gasteiger charge is -2.32. The number of fused-ring (bicyclic) bond motifs is 1. The van der Waals surface area contributed by atoms with Gasteiger partial charge >= 0.3 is 0 Å². The van der Waals surface area contributed by atoms with Gasteiger partial charge in [-0.2, -0.15) is 4.31 Å². The van der Waals surface area contributed by atoms with Crippen molar-refractivity contribution >= 4 is 32.7 Å². The van der Waals surface area contributed by atoms with Gasteiger partial charge in [-0.3, -0.25) is 4.79 Å².